The highest BCUT2D eigenvalue weighted by Crippen LogP contribution is 2.57. The molecule has 0 radical (unpaired) electrons. The number of hydrogen-bond acceptors (Lipinski definition) is 9. The topological polar surface area (TPSA) is 77.6 Å². The van der Waals surface area contributed by atoms with Gasteiger partial charge >= 0.3 is 0 Å². The van der Waals surface area contributed by atoms with Gasteiger partial charge in [-0.3, -0.25) is 0 Å². The third-order valence-electron chi connectivity index (χ3n) is 6.01. The van der Waals surface area contributed by atoms with Crippen LogP contribution in [0, 0.1) is 0 Å². The zero-order chi connectivity index (χ0) is 24.8. The predicted molar refractivity (Wildman–Crippen MR) is 152 cm³/mol. The van der Waals surface area contributed by atoms with Crippen LogP contribution in [0.5, 0.6) is 0 Å². The Morgan fingerprint density at radius 3 is 1.51 bits per heavy atom. The normalized spacial score (nSPS) is 21.6. The van der Waals surface area contributed by atoms with E-state index >= 15 is 0 Å². The molecule has 4 rings (SSSR count). The van der Waals surface area contributed by atoms with E-state index in [4.69, 9.17) is 25.7 Å². The molecule has 1 saturated carbocycles. The zero-order valence-electron chi connectivity index (χ0n) is 20.7. The standard InChI is InChI=1S/C26H33N5S4/c1-5-32-19-14-17(28-25(30-19)34-7-3)22-21(16-12-10-9-11-13-16)23(24(22)27)18-15-20(33-6-2)31-26(29-18)35-8-4/h9-15,21-24H,5-8,27H2,1-4H3. The van der Waals surface area contributed by atoms with Crippen molar-refractivity contribution >= 4 is 47.0 Å². The fraction of sp³-hybridized carbons (Fsp3) is 0.462. The molecular formula is C26H33N5S4. The highest BCUT2D eigenvalue weighted by molar-refractivity contribution is 8.00. The molecule has 1 aliphatic carbocycles. The van der Waals surface area contributed by atoms with E-state index in [2.05, 4.69) is 70.2 Å². The number of thioether (sulfide) groups is 4. The van der Waals surface area contributed by atoms with Crippen molar-refractivity contribution in [3.05, 3.63) is 59.4 Å². The number of hydrogen-bond donors (Lipinski definition) is 1. The van der Waals surface area contributed by atoms with Gasteiger partial charge in [0.2, 0.25) is 0 Å². The lowest BCUT2D eigenvalue weighted by Gasteiger charge is -2.50. The van der Waals surface area contributed by atoms with Crippen molar-refractivity contribution in [2.24, 2.45) is 5.73 Å². The number of nitrogens with two attached hydrogens (primary N) is 1. The van der Waals surface area contributed by atoms with Gasteiger partial charge < -0.3 is 5.73 Å². The van der Waals surface area contributed by atoms with Crippen molar-refractivity contribution in [1.82, 2.24) is 19.9 Å². The number of rotatable bonds is 11. The predicted octanol–water partition coefficient (Wildman–Crippen LogP) is 6.71. The van der Waals surface area contributed by atoms with Crippen LogP contribution in [0.15, 0.2) is 62.8 Å². The largest absolute Gasteiger partial charge is 0.326 e. The minimum atomic E-state index is -0.0806. The van der Waals surface area contributed by atoms with Crippen LogP contribution in [0.1, 0.15) is 62.4 Å². The molecule has 3 aromatic rings. The monoisotopic (exact) mass is 543 g/mol. The van der Waals surface area contributed by atoms with Gasteiger partial charge in [0, 0.05) is 23.8 Å². The Morgan fingerprint density at radius 2 is 1.09 bits per heavy atom. The van der Waals surface area contributed by atoms with Crippen molar-refractivity contribution in [2.75, 3.05) is 23.0 Å². The van der Waals surface area contributed by atoms with Gasteiger partial charge in [0.15, 0.2) is 10.3 Å². The third-order valence-corrected chi connectivity index (χ3v) is 9.05. The van der Waals surface area contributed by atoms with E-state index in [0.717, 1.165) is 54.8 Å². The van der Waals surface area contributed by atoms with Crippen LogP contribution >= 0.6 is 47.0 Å². The van der Waals surface area contributed by atoms with Gasteiger partial charge in [-0.25, -0.2) is 19.9 Å². The van der Waals surface area contributed by atoms with Crippen LogP contribution < -0.4 is 5.73 Å². The Kier molecular flexibility index (Phi) is 9.81. The molecule has 2 heterocycles. The van der Waals surface area contributed by atoms with Gasteiger partial charge in [-0.2, -0.15) is 0 Å². The van der Waals surface area contributed by atoms with E-state index in [-0.39, 0.29) is 23.8 Å². The summed E-state index contributed by atoms with van der Waals surface area (Å²) in [6, 6.07) is 14.9. The Morgan fingerprint density at radius 1 is 0.629 bits per heavy atom. The Hall–Kier alpha value is -1.26. The summed E-state index contributed by atoms with van der Waals surface area (Å²) in [5.74, 6) is 4.26. The molecule has 1 fully saturated rings. The highest BCUT2D eigenvalue weighted by Gasteiger charge is 2.52. The molecule has 2 N–H and O–H groups in total. The minimum Gasteiger partial charge on any atom is -0.326 e. The van der Waals surface area contributed by atoms with E-state index < -0.39 is 0 Å². The summed E-state index contributed by atoms with van der Waals surface area (Å²) in [7, 11) is 0. The van der Waals surface area contributed by atoms with Crippen LogP contribution in [0.25, 0.3) is 0 Å². The summed E-state index contributed by atoms with van der Waals surface area (Å²) >= 11 is 6.90. The maximum atomic E-state index is 7.01. The number of aromatic nitrogens is 4. The maximum Gasteiger partial charge on any atom is 0.188 e. The van der Waals surface area contributed by atoms with Gasteiger partial charge in [0.25, 0.3) is 0 Å². The van der Waals surface area contributed by atoms with Crippen molar-refractivity contribution in [1.29, 1.82) is 0 Å². The lowest BCUT2D eigenvalue weighted by Crippen LogP contribution is -2.52. The van der Waals surface area contributed by atoms with Crippen LogP contribution in [-0.2, 0) is 0 Å². The first kappa shape index (κ1) is 26.8. The second-order valence-corrected chi connectivity index (χ2v) is 13.2. The first-order valence-corrected chi connectivity index (χ1v) is 16.1. The fourth-order valence-electron chi connectivity index (χ4n) is 4.65. The molecule has 2 unspecified atom stereocenters. The molecule has 0 aliphatic heterocycles. The Balaban J connectivity index is 1.78. The molecule has 0 amide bonds. The van der Waals surface area contributed by atoms with Gasteiger partial charge in [-0.15, -0.1) is 23.5 Å². The van der Waals surface area contributed by atoms with Gasteiger partial charge in [0.1, 0.15) is 10.1 Å². The van der Waals surface area contributed by atoms with Crippen molar-refractivity contribution in [3.8, 4) is 0 Å². The molecule has 35 heavy (non-hydrogen) atoms. The van der Waals surface area contributed by atoms with E-state index in [9.17, 15) is 0 Å². The quantitative estimate of drug-likeness (QED) is 0.161. The van der Waals surface area contributed by atoms with E-state index in [1.165, 1.54) is 5.56 Å². The first-order chi connectivity index (χ1) is 17.1. The van der Waals surface area contributed by atoms with Gasteiger partial charge in [-0.1, -0.05) is 81.6 Å². The molecule has 5 nitrogen and oxygen atoms in total. The lowest BCUT2D eigenvalue weighted by atomic mass is 9.56. The zero-order valence-corrected chi connectivity index (χ0v) is 23.9. The van der Waals surface area contributed by atoms with Crippen LogP contribution in [-0.4, -0.2) is 49.0 Å². The molecule has 2 atom stereocenters. The van der Waals surface area contributed by atoms with Gasteiger partial charge in [0.05, 0.1) is 11.4 Å². The summed E-state index contributed by atoms with van der Waals surface area (Å²) in [4.78, 5) is 19.5. The SMILES string of the molecule is CCSc1cc(C2C(N)C(c3cc(SCC)nc(SCC)n3)C2c2ccccc2)nc(SCC)n1. The molecule has 186 valence electrons. The molecule has 0 spiro atoms. The summed E-state index contributed by atoms with van der Waals surface area (Å²) in [5.41, 5.74) is 10.4. The minimum absolute atomic E-state index is 0.0806. The summed E-state index contributed by atoms with van der Waals surface area (Å²) in [6.45, 7) is 8.59. The fourth-order valence-corrected chi connectivity index (χ4v) is 7.25. The van der Waals surface area contributed by atoms with E-state index in [0.29, 0.717) is 0 Å². The highest BCUT2D eigenvalue weighted by atomic mass is 32.2. The van der Waals surface area contributed by atoms with Crippen molar-refractivity contribution in [3.63, 3.8) is 0 Å². The van der Waals surface area contributed by atoms with Crippen LogP contribution in [0.3, 0.4) is 0 Å². The molecule has 1 aromatic carbocycles. The number of nitrogens with zero attached hydrogens (tertiary/aromatic N) is 4. The summed E-state index contributed by atoms with van der Waals surface area (Å²) in [5, 5.41) is 3.74. The second kappa shape index (κ2) is 12.8. The van der Waals surface area contributed by atoms with Crippen molar-refractivity contribution in [2.45, 2.75) is 71.9 Å². The van der Waals surface area contributed by atoms with Gasteiger partial charge in [-0.05, 0) is 40.7 Å². The van der Waals surface area contributed by atoms with E-state index in [1.54, 1.807) is 47.0 Å². The third kappa shape index (κ3) is 6.18. The smallest absolute Gasteiger partial charge is 0.188 e. The molecule has 9 heteroatoms. The molecule has 1 aliphatic rings. The first-order valence-electron chi connectivity index (χ1n) is 12.2. The summed E-state index contributed by atoms with van der Waals surface area (Å²) in [6.07, 6.45) is 0. The number of benzene rings is 1. The Bertz CT molecular complexity index is 998. The molecule has 0 saturated heterocycles. The maximum absolute atomic E-state index is 7.01. The second-order valence-electron chi connectivity index (χ2n) is 8.12. The average molecular weight is 544 g/mol. The van der Waals surface area contributed by atoms with Crippen molar-refractivity contribution < 1.29 is 0 Å². The van der Waals surface area contributed by atoms with Crippen LogP contribution in [0.4, 0.5) is 0 Å². The lowest BCUT2D eigenvalue weighted by molar-refractivity contribution is 0.220. The Labute approximate surface area is 226 Å². The van der Waals surface area contributed by atoms with E-state index in [1.807, 2.05) is 0 Å². The van der Waals surface area contributed by atoms with Crippen LogP contribution in [0.2, 0.25) is 0 Å². The molecule has 2 aromatic heterocycles. The molecular weight excluding hydrogens is 511 g/mol. The average Bonchev–Trinajstić information content (AvgIpc) is 2.84. The summed E-state index contributed by atoms with van der Waals surface area (Å²) < 4.78 is 0. The molecule has 0 bridgehead atoms.